The number of rotatable bonds is 4. The van der Waals surface area contributed by atoms with E-state index in [4.69, 9.17) is 0 Å². The summed E-state index contributed by atoms with van der Waals surface area (Å²) in [4.78, 5) is 0. The van der Waals surface area contributed by atoms with E-state index in [1.165, 1.54) is 31.4 Å². The maximum atomic E-state index is 3.55. The Labute approximate surface area is 98.6 Å². The second-order valence-corrected chi connectivity index (χ2v) is 4.96. The van der Waals surface area contributed by atoms with Crippen LogP contribution in [-0.2, 0) is 6.42 Å². The lowest BCUT2D eigenvalue weighted by Crippen LogP contribution is -2.45. The quantitative estimate of drug-likeness (QED) is 0.835. The summed E-state index contributed by atoms with van der Waals surface area (Å²) >= 11 is 0. The number of nitrogens with one attached hydrogen (secondary N) is 1. The van der Waals surface area contributed by atoms with Crippen LogP contribution in [0.3, 0.4) is 0 Å². The summed E-state index contributed by atoms with van der Waals surface area (Å²) in [6.45, 7) is 5.60. The fourth-order valence-electron chi connectivity index (χ4n) is 2.44. The molecule has 88 valence electrons. The van der Waals surface area contributed by atoms with Gasteiger partial charge in [0, 0.05) is 18.6 Å². The molecule has 0 aromatic heterocycles. The molecule has 0 aliphatic carbocycles. The van der Waals surface area contributed by atoms with Crippen molar-refractivity contribution < 1.29 is 0 Å². The van der Waals surface area contributed by atoms with E-state index in [0.717, 1.165) is 0 Å². The molecule has 0 spiro atoms. The zero-order chi connectivity index (χ0) is 11.4. The van der Waals surface area contributed by atoms with E-state index in [0.29, 0.717) is 12.1 Å². The molecule has 0 radical (unpaired) electrons. The molecule has 1 heterocycles. The van der Waals surface area contributed by atoms with Gasteiger partial charge in [-0.15, -0.1) is 0 Å². The standard InChI is InChI=1S/C14H22N2/c1-12(2)15-16-10-6-9-14(16)11-13-7-4-3-5-8-13/h3-5,7-8,12,14-15H,6,9-11H2,1-2H3/t14-/m1/s1. The minimum Gasteiger partial charge on any atom is -0.252 e. The van der Waals surface area contributed by atoms with Crippen molar-refractivity contribution in [3.63, 3.8) is 0 Å². The van der Waals surface area contributed by atoms with Crippen LogP contribution < -0.4 is 5.43 Å². The average molecular weight is 218 g/mol. The van der Waals surface area contributed by atoms with Crippen LogP contribution >= 0.6 is 0 Å². The largest absolute Gasteiger partial charge is 0.252 e. The molecular weight excluding hydrogens is 196 g/mol. The van der Waals surface area contributed by atoms with E-state index >= 15 is 0 Å². The van der Waals surface area contributed by atoms with Gasteiger partial charge in [-0.3, -0.25) is 5.43 Å². The number of nitrogens with zero attached hydrogens (tertiary/aromatic N) is 1. The third-order valence-electron chi connectivity index (χ3n) is 3.12. The van der Waals surface area contributed by atoms with Gasteiger partial charge in [0.15, 0.2) is 0 Å². The molecular formula is C14H22N2. The maximum Gasteiger partial charge on any atom is 0.0284 e. The van der Waals surface area contributed by atoms with Crippen molar-refractivity contribution in [2.24, 2.45) is 0 Å². The monoisotopic (exact) mass is 218 g/mol. The van der Waals surface area contributed by atoms with Crippen molar-refractivity contribution in [2.45, 2.75) is 45.2 Å². The third kappa shape index (κ3) is 3.06. The first kappa shape index (κ1) is 11.6. The molecule has 1 aliphatic rings. The van der Waals surface area contributed by atoms with Crippen LogP contribution in [0.15, 0.2) is 30.3 Å². The topological polar surface area (TPSA) is 15.3 Å². The summed E-state index contributed by atoms with van der Waals surface area (Å²) in [5, 5.41) is 2.43. The molecule has 0 unspecified atom stereocenters. The van der Waals surface area contributed by atoms with E-state index in [1.54, 1.807) is 0 Å². The molecule has 1 fully saturated rings. The Kier molecular flexibility index (Phi) is 3.97. The Morgan fingerprint density at radius 3 is 2.75 bits per heavy atom. The fraction of sp³-hybridized carbons (Fsp3) is 0.571. The summed E-state index contributed by atoms with van der Waals surface area (Å²) in [5.74, 6) is 0. The van der Waals surface area contributed by atoms with Crippen LogP contribution in [-0.4, -0.2) is 23.6 Å². The van der Waals surface area contributed by atoms with Gasteiger partial charge in [0.25, 0.3) is 0 Å². The predicted molar refractivity (Wildman–Crippen MR) is 68.1 cm³/mol. The Balaban J connectivity index is 1.93. The first-order valence-electron chi connectivity index (χ1n) is 6.32. The zero-order valence-electron chi connectivity index (χ0n) is 10.3. The molecule has 1 aliphatic heterocycles. The Hall–Kier alpha value is -0.860. The Morgan fingerprint density at radius 2 is 2.06 bits per heavy atom. The van der Waals surface area contributed by atoms with Gasteiger partial charge in [0.2, 0.25) is 0 Å². The molecule has 16 heavy (non-hydrogen) atoms. The Bertz CT molecular complexity index is 308. The lowest BCUT2D eigenvalue weighted by molar-refractivity contribution is 0.150. The predicted octanol–water partition coefficient (Wildman–Crippen LogP) is 2.61. The molecule has 1 atom stereocenters. The van der Waals surface area contributed by atoms with E-state index in [-0.39, 0.29) is 0 Å². The summed E-state index contributed by atoms with van der Waals surface area (Å²) in [5.41, 5.74) is 4.99. The molecule has 1 N–H and O–H groups in total. The molecule has 0 bridgehead atoms. The second kappa shape index (κ2) is 5.46. The maximum absolute atomic E-state index is 3.55. The summed E-state index contributed by atoms with van der Waals surface area (Å²) in [7, 11) is 0. The van der Waals surface area contributed by atoms with E-state index < -0.39 is 0 Å². The highest BCUT2D eigenvalue weighted by Crippen LogP contribution is 2.19. The van der Waals surface area contributed by atoms with Crippen molar-refractivity contribution in [1.29, 1.82) is 0 Å². The minimum atomic E-state index is 0.538. The number of hydrazine groups is 1. The van der Waals surface area contributed by atoms with Crippen LogP contribution in [0.4, 0.5) is 0 Å². The second-order valence-electron chi connectivity index (χ2n) is 4.96. The minimum absolute atomic E-state index is 0.538. The highest BCUT2D eigenvalue weighted by Gasteiger charge is 2.24. The molecule has 2 heteroatoms. The van der Waals surface area contributed by atoms with Crippen molar-refractivity contribution in [1.82, 2.24) is 10.4 Å². The normalized spacial score (nSPS) is 21.8. The molecule has 2 rings (SSSR count). The van der Waals surface area contributed by atoms with Gasteiger partial charge in [0.05, 0.1) is 0 Å². The molecule has 0 saturated carbocycles. The Morgan fingerprint density at radius 1 is 1.31 bits per heavy atom. The smallest absolute Gasteiger partial charge is 0.0284 e. The van der Waals surface area contributed by atoms with Crippen LogP contribution in [0, 0.1) is 0 Å². The van der Waals surface area contributed by atoms with Gasteiger partial charge in [0.1, 0.15) is 0 Å². The van der Waals surface area contributed by atoms with Crippen molar-refractivity contribution in [3.8, 4) is 0 Å². The summed E-state index contributed by atoms with van der Waals surface area (Å²) in [6, 6.07) is 12.0. The van der Waals surface area contributed by atoms with Gasteiger partial charge < -0.3 is 0 Å². The zero-order valence-corrected chi connectivity index (χ0v) is 10.3. The molecule has 1 aromatic carbocycles. The number of benzene rings is 1. The van der Waals surface area contributed by atoms with Crippen LogP contribution in [0.2, 0.25) is 0 Å². The average Bonchev–Trinajstić information content (AvgIpc) is 2.66. The van der Waals surface area contributed by atoms with Gasteiger partial charge in [-0.1, -0.05) is 30.3 Å². The lowest BCUT2D eigenvalue weighted by atomic mass is 10.0. The SMILES string of the molecule is CC(C)NN1CCC[C@@H]1Cc1ccccc1. The van der Waals surface area contributed by atoms with Crippen molar-refractivity contribution in [3.05, 3.63) is 35.9 Å². The van der Waals surface area contributed by atoms with Gasteiger partial charge >= 0.3 is 0 Å². The summed E-state index contributed by atoms with van der Waals surface area (Å²) < 4.78 is 0. The highest BCUT2D eigenvalue weighted by molar-refractivity contribution is 5.16. The van der Waals surface area contributed by atoms with Crippen molar-refractivity contribution in [2.75, 3.05) is 6.54 Å². The first-order chi connectivity index (χ1) is 7.75. The third-order valence-corrected chi connectivity index (χ3v) is 3.12. The molecule has 1 aromatic rings. The van der Waals surface area contributed by atoms with Crippen LogP contribution in [0.25, 0.3) is 0 Å². The van der Waals surface area contributed by atoms with E-state index in [2.05, 4.69) is 54.6 Å². The number of hydrogen-bond donors (Lipinski definition) is 1. The highest BCUT2D eigenvalue weighted by atomic mass is 15.5. The van der Waals surface area contributed by atoms with Gasteiger partial charge in [-0.05, 0) is 38.7 Å². The van der Waals surface area contributed by atoms with Gasteiger partial charge in [-0.25, -0.2) is 5.01 Å². The van der Waals surface area contributed by atoms with Crippen LogP contribution in [0.5, 0.6) is 0 Å². The van der Waals surface area contributed by atoms with Gasteiger partial charge in [-0.2, -0.15) is 0 Å². The first-order valence-corrected chi connectivity index (χ1v) is 6.32. The van der Waals surface area contributed by atoms with Crippen molar-refractivity contribution >= 4 is 0 Å². The van der Waals surface area contributed by atoms with E-state index in [1.807, 2.05) is 0 Å². The van der Waals surface area contributed by atoms with E-state index in [9.17, 15) is 0 Å². The molecule has 0 amide bonds. The molecule has 1 saturated heterocycles. The molecule has 2 nitrogen and oxygen atoms in total. The number of hydrogen-bond acceptors (Lipinski definition) is 2. The lowest BCUT2D eigenvalue weighted by Gasteiger charge is -2.27. The fourth-order valence-corrected chi connectivity index (χ4v) is 2.44. The van der Waals surface area contributed by atoms with Crippen LogP contribution in [0.1, 0.15) is 32.3 Å². The summed E-state index contributed by atoms with van der Waals surface area (Å²) in [6.07, 6.45) is 3.80.